The Morgan fingerprint density at radius 3 is 2.68 bits per heavy atom. The molecule has 1 N–H and O–H groups in total. The Morgan fingerprint density at radius 1 is 1.12 bits per heavy atom. The molecule has 0 spiro atoms. The Bertz CT molecular complexity index is 768. The van der Waals surface area contributed by atoms with Gasteiger partial charge < -0.3 is 14.8 Å². The van der Waals surface area contributed by atoms with Crippen LogP contribution in [0.15, 0.2) is 54.6 Å². The molecular formula is C20H21NO4. The molecule has 0 fully saturated rings. The smallest absolute Gasteiger partial charge is 0.338 e. The van der Waals surface area contributed by atoms with Crippen LogP contribution in [0.1, 0.15) is 29.3 Å². The first-order valence-corrected chi connectivity index (χ1v) is 8.03. The number of methoxy groups -OCH3 is 1. The summed E-state index contributed by atoms with van der Waals surface area (Å²) in [5.41, 5.74) is 1.73. The van der Waals surface area contributed by atoms with Gasteiger partial charge in [-0.25, -0.2) is 4.79 Å². The number of carbonyl (C=O) groups is 2. The highest BCUT2D eigenvalue weighted by Gasteiger charge is 2.08. The van der Waals surface area contributed by atoms with Gasteiger partial charge in [0.1, 0.15) is 5.75 Å². The molecule has 5 heteroatoms. The summed E-state index contributed by atoms with van der Waals surface area (Å²) in [5, 5.41) is 2.73. The molecular weight excluding hydrogens is 318 g/mol. The normalized spacial score (nSPS) is 10.5. The zero-order chi connectivity index (χ0) is 18.1. The van der Waals surface area contributed by atoms with Gasteiger partial charge in [-0.3, -0.25) is 4.79 Å². The molecule has 0 atom stereocenters. The van der Waals surface area contributed by atoms with Gasteiger partial charge in [-0.15, -0.1) is 0 Å². The van der Waals surface area contributed by atoms with Crippen molar-refractivity contribution in [1.29, 1.82) is 0 Å². The monoisotopic (exact) mass is 339 g/mol. The van der Waals surface area contributed by atoms with E-state index in [4.69, 9.17) is 9.47 Å². The molecule has 0 bridgehead atoms. The molecule has 2 aromatic carbocycles. The summed E-state index contributed by atoms with van der Waals surface area (Å²) in [6.45, 7) is 2.30. The fourth-order valence-corrected chi connectivity index (χ4v) is 2.16. The Kier molecular flexibility index (Phi) is 6.77. The maximum atomic E-state index is 12.1. The predicted octanol–water partition coefficient (Wildman–Crippen LogP) is 3.91. The van der Waals surface area contributed by atoms with Crippen molar-refractivity contribution >= 4 is 23.6 Å². The summed E-state index contributed by atoms with van der Waals surface area (Å²) in [5.74, 6) is -0.0142. The molecule has 0 aliphatic heterocycles. The molecule has 5 nitrogen and oxygen atoms in total. The summed E-state index contributed by atoms with van der Waals surface area (Å²) in [6.07, 6.45) is 3.85. The van der Waals surface area contributed by atoms with Crippen LogP contribution in [0, 0.1) is 0 Å². The first kappa shape index (κ1) is 18.3. The maximum Gasteiger partial charge on any atom is 0.338 e. The Hall–Kier alpha value is -3.08. The van der Waals surface area contributed by atoms with E-state index < -0.39 is 5.97 Å². The van der Waals surface area contributed by atoms with Crippen LogP contribution in [0.5, 0.6) is 5.75 Å². The van der Waals surface area contributed by atoms with Crippen LogP contribution in [0.4, 0.5) is 5.69 Å². The number of carbonyl (C=O) groups excluding carboxylic acids is 2. The van der Waals surface area contributed by atoms with Gasteiger partial charge in [0.2, 0.25) is 5.91 Å². The van der Waals surface area contributed by atoms with E-state index in [1.54, 1.807) is 37.5 Å². The van der Waals surface area contributed by atoms with E-state index in [1.807, 2.05) is 31.2 Å². The Labute approximate surface area is 147 Å². The van der Waals surface area contributed by atoms with Crippen LogP contribution in [-0.4, -0.2) is 25.6 Å². The minimum atomic E-state index is -0.400. The number of ether oxygens (including phenoxy) is 2. The minimum Gasteiger partial charge on any atom is -0.496 e. The molecule has 0 unspecified atom stereocenters. The molecule has 0 aliphatic carbocycles. The van der Waals surface area contributed by atoms with Gasteiger partial charge in [-0.2, -0.15) is 0 Å². The quantitative estimate of drug-likeness (QED) is 0.613. The summed E-state index contributed by atoms with van der Waals surface area (Å²) >= 11 is 0. The number of para-hydroxylation sites is 1. The molecule has 0 radical (unpaired) electrons. The summed E-state index contributed by atoms with van der Waals surface area (Å²) in [6, 6.07) is 14.1. The lowest BCUT2D eigenvalue weighted by Gasteiger charge is -2.06. The Morgan fingerprint density at radius 2 is 1.92 bits per heavy atom. The lowest BCUT2D eigenvalue weighted by molar-refractivity contribution is -0.111. The molecule has 0 heterocycles. The van der Waals surface area contributed by atoms with E-state index in [0.717, 1.165) is 12.0 Å². The van der Waals surface area contributed by atoms with E-state index in [0.29, 0.717) is 23.6 Å². The summed E-state index contributed by atoms with van der Waals surface area (Å²) < 4.78 is 10.3. The topological polar surface area (TPSA) is 64.6 Å². The fourth-order valence-electron chi connectivity index (χ4n) is 2.16. The first-order chi connectivity index (χ1) is 12.1. The Balaban J connectivity index is 2.03. The van der Waals surface area contributed by atoms with Crippen molar-refractivity contribution in [2.24, 2.45) is 0 Å². The minimum absolute atomic E-state index is 0.301. The van der Waals surface area contributed by atoms with Crippen LogP contribution in [0.25, 0.3) is 6.08 Å². The molecule has 0 saturated heterocycles. The highest BCUT2D eigenvalue weighted by molar-refractivity contribution is 6.02. The molecule has 2 rings (SSSR count). The average molecular weight is 339 g/mol. The predicted molar refractivity (Wildman–Crippen MR) is 97.7 cm³/mol. The van der Waals surface area contributed by atoms with E-state index in [2.05, 4.69) is 5.32 Å². The first-order valence-electron chi connectivity index (χ1n) is 8.03. The SMILES string of the molecule is CCCOC(=O)c1cccc(NC(=O)C=Cc2ccccc2OC)c1. The number of nitrogens with one attached hydrogen (secondary N) is 1. The van der Waals surface area contributed by atoms with Crippen LogP contribution < -0.4 is 10.1 Å². The molecule has 25 heavy (non-hydrogen) atoms. The third-order valence-electron chi connectivity index (χ3n) is 3.36. The van der Waals surface area contributed by atoms with Crippen LogP contribution >= 0.6 is 0 Å². The van der Waals surface area contributed by atoms with Crippen LogP contribution in [0.3, 0.4) is 0 Å². The highest BCUT2D eigenvalue weighted by atomic mass is 16.5. The van der Waals surface area contributed by atoms with Gasteiger partial charge in [0, 0.05) is 17.3 Å². The van der Waals surface area contributed by atoms with Gasteiger partial charge >= 0.3 is 5.97 Å². The zero-order valence-corrected chi connectivity index (χ0v) is 14.3. The molecule has 2 aromatic rings. The number of amides is 1. The zero-order valence-electron chi connectivity index (χ0n) is 14.3. The number of anilines is 1. The molecule has 1 amide bonds. The van der Waals surface area contributed by atoms with E-state index >= 15 is 0 Å². The lowest BCUT2D eigenvalue weighted by Crippen LogP contribution is -2.10. The summed E-state index contributed by atoms with van der Waals surface area (Å²) in [4.78, 5) is 23.9. The third kappa shape index (κ3) is 5.49. The highest BCUT2D eigenvalue weighted by Crippen LogP contribution is 2.19. The average Bonchev–Trinajstić information content (AvgIpc) is 2.64. The van der Waals surface area contributed by atoms with Gasteiger partial charge in [0.15, 0.2) is 0 Å². The second-order valence-electron chi connectivity index (χ2n) is 5.28. The van der Waals surface area contributed by atoms with Crippen molar-refractivity contribution in [1.82, 2.24) is 0 Å². The number of hydrogen-bond donors (Lipinski definition) is 1. The third-order valence-corrected chi connectivity index (χ3v) is 3.36. The van der Waals surface area contributed by atoms with Crippen LogP contribution in [-0.2, 0) is 9.53 Å². The molecule has 0 aliphatic rings. The standard InChI is InChI=1S/C20H21NO4/c1-3-13-25-20(23)16-8-6-9-17(14-16)21-19(22)12-11-15-7-4-5-10-18(15)24-2/h4-12,14H,3,13H2,1-2H3,(H,21,22). The fraction of sp³-hybridized carbons (Fsp3) is 0.200. The van der Waals surface area contributed by atoms with Crippen LogP contribution in [0.2, 0.25) is 0 Å². The van der Waals surface area contributed by atoms with Crippen molar-refractivity contribution in [3.05, 3.63) is 65.7 Å². The number of rotatable bonds is 7. The van der Waals surface area contributed by atoms with Crippen molar-refractivity contribution in [2.45, 2.75) is 13.3 Å². The summed E-state index contributed by atoms with van der Waals surface area (Å²) in [7, 11) is 1.58. The van der Waals surface area contributed by atoms with Crippen molar-refractivity contribution in [3.63, 3.8) is 0 Å². The van der Waals surface area contributed by atoms with Crippen molar-refractivity contribution in [2.75, 3.05) is 19.0 Å². The van der Waals surface area contributed by atoms with Gasteiger partial charge in [0.25, 0.3) is 0 Å². The van der Waals surface area contributed by atoms with E-state index in [1.165, 1.54) is 6.08 Å². The maximum absolute atomic E-state index is 12.1. The number of esters is 1. The number of hydrogen-bond acceptors (Lipinski definition) is 4. The lowest BCUT2D eigenvalue weighted by atomic mass is 10.2. The largest absolute Gasteiger partial charge is 0.496 e. The van der Waals surface area contributed by atoms with Crippen molar-refractivity contribution < 1.29 is 19.1 Å². The van der Waals surface area contributed by atoms with Gasteiger partial charge in [0.05, 0.1) is 19.3 Å². The van der Waals surface area contributed by atoms with Gasteiger partial charge in [-0.05, 0) is 36.8 Å². The number of benzene rings is 2. The van der Waals surface area contributed by atoms with Gasteiger partial charge in [-0.1, -0.05) is 31.2 Å². The molecule has 0 aromatic heterocycles. The molecule has 0 saturated carbocycles. The second-order valence-corrected chi connectivity index (χ2v) is 5.28. The van der Waals surface area contributed by atoms with Crippen molar-refractivity contribution in [3.8, 4) is 5.75 Å². The van der Waals surface area contributed by atoms with E-state index in [9.17, 15) is 9.59 Å². The second kappa shape index (κ2) is 9.27. The molecule has 130 valence electrons. The van der Waals surface area contributed by atoms with E-state index in [-0.39, 0.29) is 5.91 Å².